The predicted octanol–water partition coefficient (Wildman–Crippen LogP) is 3.63. The van der Waals surface area contributed by atoms with Crippen LogP contribution in [0.5, 0.6) is 0 Å². The number of carbonyl (C=O) groups excluding carboxylic acids is 2. The molecule has 0 bridgehead atoms. The maximum Gasteiger partial charge on any atom is 0.413 e. The molecule has 1 aliphatic heterocycles. The molecule has 1 aromatic carbocycles. The van der Waals surface area contributed by atoms with Gasteiger partial charge < -0.3 is 4.74 Å². The van der Waals surface area contributed by atoms with Gasteiger partial charge in [0.05, 0.1) is 0 Å². The topological polar surface area (TPSA) is 67.8 Å². The summed E-state index contributed by atoms with van der Waals surface area (Å²) in [6.45, 7) is 5.32. The van der Waals surface area contributed by atoms with E-state index in [0.717, 1.165) is 0 Å². The van der Waals surface area contributed by atoms with Gasteiger partial charge in [0.15, 0.2) is 5.17 Å². The highest BCUT2D eigenvalue weighted by Crippen LogP contribution is 2.50. The Hall–Kier alpha value is -1.89. The normalized spacial score (nSPS) is 26.0. The summed E-state index contributed by atoms with van der Waals surface area (Å²) in [4.78, 5) is 28.8. The number of carbonyl (C=O) groups is 2. The van der Waals surface area contributed by atoms with Crippen molar-refractivity contribution in [2.24, 2.45) is 10.9 Å². The van der Waals surface area contributed by atoms with Crippen LogP contribution >= 0.6 is 11.8 Å². The fraction of sp³-hybridized carbons (Fsp3) is 0.500. The van der Waals surface area contributed by atoms with Gasteiger partial charge in [-0.05, 0) is 26.8 Å². The minimum atomic E-state index is -0.946. The number of halogens is 1. The van der Waals surface area contributed by atoms with Crippen molar-refractivity contribution in [3.8, 4) is 0 Å². The third-order valence-corrected chi connectivity index (χ3v) is 5.32. The van der Waals surface area contributed by atoms with E-state index in [4.69, 9.17) is 4.74 Å². The van der Waals surface area contributed by atoms with Gasteiger partial charge in [-0.1, -0.05) is 30.0 Å². The van der Waals surface area contributed by atoms with Crippen molar-refractivity contribution in [2.45, 2.75) is 44.8 Å². The second-order valence-corrected chi connectivity index (χ2v) is 8.38. The van der Waals surface area contributed by atoms with Crippen molar-refractivity contribution in [2.75, 3.05) is 5.75 Å². The number of ketones is 1. The van der Waals surface area contributed by atoms with Crippen LogP contribution in [0.3, 0.4) is 0 Å². The van der Waals surface area contributed by atoms with E-state index in [9.17, 15) is 14.0 Å². The molecule has 1 heterocycles. The number of aliphatic imine (C=N–C) groups is 1. The molecule has 0 saturated heterocycles. The third kappa shape index (κ3) is 3.71. The monoisotopic (exact) mass is 364 g/mol. The summed E-state index contributed by atoms with van der Waals surface area (Å²) in [7, 11) is 0. The van der Waals surface area contributed by atoms with Crippen LogP contribution in [0.4, 0.5) is 9.18 Å². The summed E-state index contributed by atoms with van der Waals surface area (Å²) in [6, 6.07) is 6.40. The van der Waals surface area contributed by atoms with E-state index in [1.165, 1.54) is 17.8 Å². The molecule has 1 saturated carbocycles. The standard InChI is InChI=1S/C18H21FN2O3S/c1-17(2,3)24-16(23)20-15-21-18(13-6-4-5-7-14(13)19)9-12(22)8-11(18)10-25-15/h4-7,11H,8-10H2,1-3H3,(H,20,21,23)/t11-,18-/m0/s1. The first kappa shape index (κ1) is 17.9. The SMILES string of the molecule is CC(C)(C)OC(=O)NC1=N[C@@]2(c3ccccc3F)CC(=O)C[C@H]2CS1. The lowest BCUT2D eigenvalue weighted by atomic mass is 9.81. The summed E-state index contributed by atoms with van der Waals surface area (Å²) in [5.41, 5.74) is -1.16. The van der Waals surface area contributed by atoms with Gasteiger partial charge in [-0.25, -0.2) is 14.2 Å². The number of rotatable bonds is 1. The second-order valence-electron chi connectivity index (χ2n) is 7.38. The van der Waals surface area contributed by atoms with E-state index < -0.39 is 17.2 Å². The lowest BCUT2D eigenvalue weighted by molar-refractivity contribution is -0.117. The third-order valence-electron chi connectivity index (χ3n) is 4.29. The fourth-order valence-electron chi connectivity index (χ4n) is 3.32. The maximum atomic E-state index is 14.4. The van der Waals surface area contributed by atoms with Crippen molar-refractivity contribution in [1.29, 1.82) is 0 Å². The number of benzene rings is 1. The Morgan fingerprint density at radius 2 is 2.12 bits per heavy atom. The molecular weight excluding hydrogens is 343 g/mol. The van der Waals surface area contributed by atoms with E-state index in [-0.39, 0.29) is 23.9 Å². The van der Waals surface area contributed by atoms with Crippen molar-refractivity contribution in [3.05, 3.63) is 35.6 Å². The highest BCUT2D eigenvalue weighted by Gasteiger charge is 2.51. The van der Waals surface area contributed by atoms with Crippen molar-refractivity contribution in [3.63, 3.8) is 0 Å². The Kier molecular flexibility index (Phi) is 4.62. The number of amides is 1. The number of fused-ring (bicyclic) bond motifs is 1. The molecule has 5 nitrogen and oxygen atoms in total. The zero-order valence-corrected chi connectivity index (χ0v) is 15.3. The lowest BCUT2D eigenvalue weighted by Crippen LogP contribution is -2.42. The minimum absolute atomic E-state index is 0.0659. The first-order valence-electron chi connectivity index (χ1n) is 8.19. The Morgan fingerprint density at radius 3 is 2.80 bits per heavy atom. The summed E-state index contributed by atoms with van der Waals surface area (Å²) >= 11 is 1.36. The van der Waals surface area contributed by atoms with Gasteiger partial charge >= 0.3 is 6.09 Å². The average molecular weight is 364 g/mol. The molecule has 3 rings (SSSR count). The number of hydrogen-bond donors (Lipinski definition) is 1. The van der Waals surface area contributed by atoms with Crippen LogP contribution in [-0.4, -0.2) is 28.4 Å². The Morgan fingerprint density at radius 1 is 1.40 bits per heavy atom. The number of hydrogen-bond acceptors (Lipinski definition) is 5. The molecule has 134 valence electrons. The largest absolute Gasteiger partial charge is 0.444 e. The van der Waals surface area contributed by atoms with E-state index >= 15 is 0 Å². The predicted molar refractivity (Wildman–Crippen MR) is 95.1 cm³/mol. The number of Topliss-reactive ketones (excluding diaryl/α,β-unsaturated/α-hetero) is 1. The van der Waals surface area contributed by atoms with Gasteiger partial charge in [0.1, 0.15) is 22.7 Å². The highest BCUT2D eigenvalue weighted by molar-refractivity contribution is 8.13. The Labute approximate surface area is 150 Å². The first-order chi connectivity index (χ1) is 11.7. The molecule has 1 N–H and O–H groups in total. The molecule has 1 fully saturated rings. The van der Waals surface area contributed by atoms with E-state index in [2.05, 4.69) is 10.3 Å². The van der Waals surface area contributed by atoms with Crippen molar-refractivity contribution in [1.82, 2.24) is 5.32 Å². The summed E-state index contributed by atoms with van der Waals surface area (Å²) in [5, 5.41) is 3.00. The summed E-state index contributed by atoms with van der Waals surface area (Å²) in [5.74, 6) is 0.200. The molecule has 1 aromatic rings. The highest BCUT2D eigenvalue weighted by atomic mass is 32.2. The van der Waals surface area contributed by atoms with E-state index in [0.29, 0.717) is 22.9 Å². The molecule has 0 spiro atoms. The molecule has 0 unspecified atom stereocenters. The van der Waals surface area contributed by atoms with Crippen LogP contribution in [0.25, 0.3) is 0 Å². The van der Waals surface area contributed by atoms with Gasteiger partial charge in [0.2, 0.25) is 0 Å². The van der Waals surface area contributed by atoms with E-state index in [1.807, 2.05) is 0 Å². The van der Waals surface area contributed by atoms with Gasteiger partial charge in [-0.3, -0.25) is 10.1 Å². The van der Waals surface area contributed by atoms with Crippen LogP contribution in [0.1, 0.15) is 39.2 Å². The van der Waals surface area contributed by atoms with E-state index in [1.54, 1.807) is 39.0 Å². The molecule has 1 amide bonds. The Bertz CT molecular complexity index is 744. The van der Waals surface area contributed by atoms with Crippen LogP contribution < -0.4 is 5.32 Å². The molecule has 1 aliphatic carbocycles. The molecular formula is C18H21FN2O3S. The second kappa shape index (κ2) is 6.44. The lowest BCUT2D eigenvalue weighted by Gasteiger charge is -2.36. The van der Waals surface area contributed by atoms with Gasteiger partial charge in [-0.15, -0.1) is 0 Å². The minimum Gasteiger partial charge on any atom is -0.444 e. The summed E-state index contributed by atoms with van der Waals surface area (Å²) in [6.07, 6.45) is -0.0753. The van der Waals surface area contributed by atoms with Gasteiger partial charge in [0, 0.05) is 30.1 Å². The molecule has 2 aliphatic rings. The first-order valence-corrected chi connectivity index (χ1v) is 9.17. The molecule has 0 aromatic heterocycles. The fourth-order valence-corrected chi connectivity index (χ4v) is 4.46. The number of nitrogens with zero attached hydrogens (tertiary/aromatic N) is 1. The molecule has 7 heteroatoms. The summed E-state index contributed by atoms with van der Waals surface area (Å²) < 4.78 is 19.7. The number of alkyl carbamates (subject to hydrolysis) is 1. The zero-order chi connectivity index (χ0) is 18.2. The number of amidine groups is 1. The maximum absolute atomic E-state index is 14.4. The molecule has 25 heavy (non-hydrogen) atoms. The molecule has 0 radical (unpaired) electrons. The van der Waals surface area contributed by atoms with Crippen molar-refractivity contribution >= 4 is 28.8 Å². The van der Waals surface area contributed by atoms with Gasteiger partial charge in [-0.2, -0.15) is 0 Å². The quantitative estimate of drug-likeness (QED) is 0.826. The van der Waals surface area contributed by atoms with Crippen LogP contribution in [-0.2, 0) is 15.1 Å². The number of ether oxygens (including phenoxy) is 1. The zero-order valence-electron chi connectivity index (χ0n) is 14.5. The van der Waals surface area contributed by atoms with Crippen molar-refractivity contribution < 1.29 is 18.7 Å². The average Bonchev–Trinajstić information content (AvgIpc) is 2.81. The smallest absolute Gasteiger partial charge is 0.413 e. The van der Waals surface area contributed by atoms with Gasteiger partial charge in [0.25, 0.3) is 0 Å². The Balaban J connectivity index is 1.94. The van der Waals surface area contributed by atoms with Crippen LogP contribution in [0.15, 0.2) is 29.3 Å². The number of nitrogens with one attached hydrogen (secondary N) is 1. The number of thioether (sulfide) groups is 1. The van der Waals surface area contributed by atoms with Crippen LogP contribution in [0, 0.1) is 11.7 Å². The molecule has 2 atom stereocenters. The van der Waals surface area contributed by atoms with Crippen LogP contribution in [0.2, 0.25) is 0 Å².